The number of halogens is 2. The number of para-hydroxylation sites is 2. The summed E-state index contributed by atoms with van der Waals surface area (Å²) in [6, 6.07) is 19.4. The van der Waals surface area contributed by atoms with Gasteiger partial charge >= 0.3 is 6.03 Å². The van der Waals surface area contributed by atoms with Gasteiger partial charge in [0.15, 0.2) is 6.04 Å². The Bertz CT molecular complexity index is 1810. The van der Waals surface area contributed by atoms with Crippen LogP contribution in [-0.4, -0.2) is 98.7 Å². The van der Waals surface area contributed by atoms with E-state index in [4.69, 9.17) is 9.47 Å². The molecule has 2 N–H and O–H groups in total. The average Bonchev–Trinajstić information content (AvgIpc) is 3.88. The molecule has 14 heteroatoms. The number of anilines is 1. The molecule has 3 fully saturated rings. The normalized spacial score (nSPS) is 26.8. The first-order valence-corrected chi connectivity index (χ1v) is 17.5. The number of aromatic nitrogens is 3. The number of methoxy groups -OCH3 is 1. The molecule has 0 radical (unpaired) electrons. The van der Waals surface area contributed by atoms with E-state index in [1.807, 2.05) is 66.5 Å². The van der Waals surface area contributed by atoms with Crippen molar-refractivity contribution in [1.82, 2.24) is 30.1 Å². The molecule has 0 aliphatic carbocycles. The zero-order valence-electron chi connectivity index (χ0n) is 29.1. The summed E-state index contributed by atoms with van der Waals surface area (Å²) in [7, 11) is 1.58. The number of hydrogen-bond donors (Lipinski definition) is 2. The molecule has 6 atom stereocenters. The van der Waals surface area contributed by atoms with Gasteiger partial charge in [0.2, 0.25) is 6.17 Å². The van der Waals surface area contributed by atoms with E-state index in [1.165, 1.54) is 18.5 Å². The highest BCUT2D eigenvalue weighted by atomic mass is 19.1. The first-order valence-electron chi connectivity index (χ1n) is 17.5. The Morgan fingerprint density at radius 2 is 1.84 bits per heavy atom. The summed E-state index contributed by atoms with van der Waals surface area (Å²) in [5.74, 6) is -0.903. The van der Waals surface area contributed by atoms with Crippen LogP contribution in [0.2, 0.25) is 0 Å². The number of nitrogens with one attached hydrogen (secondary N) is 1. The fourth-order valence-electron chi connectivity index (χ4n) is 8.48. The summed E-state index contributed by atoms with van der Waals surface area (Å²) in [4.78, 5) is 21.4. The standard InChI is InChI=1S/C37H45F2N8O4/c1-4-32(26(2)48)46-36(49)45(33-12-8-9-13-34(33)50-3)35(27-10-6-5-7-11-27)47(46,44-18-16-40-17-19-44)29-21-37(51-22-29,23-43-25-41-24-42-43)30-15-14-28(38)20-31(30)39/h5-15,20,24-26,29,32,35,40,48H,4,16-19,21-23H2,1-3H3/q+1/t26-,29?,32?,35?,37?,47-/m0/s1. The molecule has 270 valence electrons. The van der Waals surface area contributed by atoms with Crippen molar-refractivity contribution in [2.75, 3.05) is 44.8 Å². The second-order valence-corrected chi connectivity index (χ2v) is 13.5. The van der Waals surface area contributed by atoms with Gasteiger partial charge in [-0.2, -0.15) is 5.10 Å². The van der Waals surface area contributed by atoms with Crippen molar-refractivity contribution in [3.8, 4) is 5.75 Å². The van der Waals surface area contributed by atoms with Crippen molar-refractivity contribution in [2.45, 2.75) is 63.2 Å². The minimum absolute atomic E-state index is 0.0477. The first-order chi connectivity index (χ1) is 24.7. The monoisotopic (exact) mass is 703 g/mol. The molecule has 4 unspecified atom stereocenters. The number of rotatable bonds is 11. The molecule has 4 aromatic rings. The molecule has 3 saturated heterocycles. The Balaban J connectivity index is 1.51. The average molecular weight is 704 g/mol. The highest BCUT2D eigenvalue weighted by Crippen LogP contribution is 2.55. The quantitative estimate of drug-likeness (QED) is 0.219. The lowest BCUT2D eigenvalue weighted by atomic mass is 9.88. The van der Waals surface area contributed by atoms with E-state index < -0.39 is 41.6 Å². The van der Waals surface area contributed by atoms with Crippen LogP contribution in [0.15, 0.2) is 85.5 Å². The summed E-state index contributed by atoms with van der Waals surface area (Å²) in [6.07, 6.45) is 2.05. The Morgan fingerprint density at radius 1 is 1.10 bits per heavy atom. The third kappa shape index (κ3) is 5.94. The number of aliphatic hydroxyl groups excluding tert-OH is 1. The molecular formula is C37H45F2N8O4+. The van der Waals surface area contributed by atoms with Gasteiger partial charge in [-0.05, 0) is 31.5 Å². The molecule has 1 aromatic heterocycles. The number of nitrogens with zero attached hydrogens (tertiary/aromatic N) is 7. The van der Waals surface area contributed by atoms with Crippen LogP contribution in [0.1, 0.15) is 44.0 Å². The predicted molar refractivity (Wildman–Crippen MR) is 185 cm³/mol. The van der Waals surface area contributed by atoms with Crippen molar-refractivity contribution in [3.63, 3.8) is 0 Å². The van der Waals surface area contributed by atoms with E-state index in [2.05, 4.69) is 20.4 Å². The van der Waals surface area contributed by atoms with Crippen molar-refractivity contribution >= 4 is 11.7 Å². The molecule has 12 nitrogen and oxygen atoms in total. The van der Waals surface area contributed by atoms with E-state index in [9.17, 15) is 9.50 Å². The number of amides is 2. The van der Waals surface area contributed by atoms with Gasteiger partial charge in [0.25, 0.3) is 0 Å². The van der Waals surface area contributed by atoms with Gasteiger partial charge in [0, 0.05) is 36.7 Å². The minimum Gasteiger partial charge on any atom is -0.495 e. The molecule has 0 bridgehead atoms. The summed E-state index contributed by atoms with van der Waals surface area (Å²) >= 11 is 0. The zero-order valence-corrected chi connectivity index (χ0v) is 29.1. The summed E-state index contributed by atoms with van der Waals surface area (Å²) < 4.78 is 44.6. The molecule has 2 amide bonds. The number of piperazine rings is 1. The number of aliphatic hydroxyl groups is 1. The number of carbonyl (C=O) groups excluding carboxylic acids is 1. The SMILES string of the molecule is CCC([C@H](C)O)N1C(=O)N(c2ccccc2OC)C(c2ccccc2)[N@@+]1(C1COC(Cn2cncn2)(c2ccc(F)cc2F)C1)N1CCNCC1. The minimum atomic E-state index is -1.31. The van der Waals surface area contributed by atoms with Gasteiger partial charge in [-0.1, -0.05) is 55.5 Å². The molecular weight excluding hydrogens is 658 g/mol. The lowest BCUT2D eigenvalue weighted by molar-refractivity contribution is -1.15. The first kappa shape index (κ1) is 35.0. The Labute approximate surface area is 296 Å². The van der Waals surface area contributed by atoms with Gasteiger partial charge < -0.3 is 19.9 Å². The number of quaternary nitrogens is 1. The summed E-state index contributed by atoms with van der Waals surface area (Å²) in [5, 5.41) is 23.4. The molecule has 0 spiro atoms. The highest BCUT2D eigenvalue weighted by Gasteiger charge is 2.71. The van der Waals surface area contributed by atoms with Crippen LogP contribution >= 0.6 is 0 Å². The highest BCUT2D eigenvalue weighted by molar-refractivity contribution is 5.95. The maximum absolute atomic E-state index is 16.0. The molecule has 3 aromatic carbocycles. The van der Waals surface area contributed by atoms with Crippen molar-refractivity contribution in [3.05, 3.63) is 108 Å². The third-order valence-corrected chi connectivity index (χ3v) is 10.6. The van der Waals surface area contributed by atoms with Gasteiger partial charge in [0.1, 0.15) is 48.3 Å². The molecule has 0 saturated carbocycles. The van der Waals surface area contributed by atoms with E-state index in [1.54, 1.807) is 29.9 Å². The fourth-order valence-corrected chi connectivity index (χ4v) is 8.48. The summed E-state index contributed by atoms with van der Waals surface area (Å²) in [5.41, 5.74) is 0.324. The number of benzene rings is 3. The van der Waals surface area contributed by atoms with Crippen LogP contribution < -0.4 is 15.0 Å². The van der Waals surface area contributed by atoms with E-state index in [-0.39, 0.29) is 35.9 Å². The van der Waals surface area contributed by atoms with E-state index >= 15 is 9.18 Å². The second kappa shape index (κ2) is 14.3. The van der Waals surface area contributed by atoms with E-state index in [0.717, 1.165) is 11.6 Å². The molecule has 7 rings (SSSR count). The van der Waals surface area contributed by atoms with Crippen molar-refractivity contribution < 1.29 is 32.9 Å². The Kier molecular flexibility index (Phi) is 9.78. The fraction of sp³-hybridized carbons (Fsp3) is 0.432. The Morgan fingerprint density at radius 3 is 2.51 bits per heavy atom. The number of ether oxygens (including phenoxy) is 2. The van der Waals surface area contributed by atoms with Crippen LogP contribution in [-0.2, 0) is 16.9 Å². The lowest BCUT2D eigenvalue weighted by Gasteiger charge is -2.54. The molecule has 3 aliphatic heterocycles. The van der Waals surface area contributed by atoms with Crippen molar-refractivity contribution in [2.24, 2.45) is 0 Å². The smallest absolute Gasteiger partial charge is 0.376 e. The van der Waals surface area contributed by atoms with Gasteiger partial charge in [-0.15, -0.1) is 14.7 Å². The largest absolute Gasteiger partial charge is 0.495 e. The van der Waals surface area contributed by atoms with Gasteiger partial charge in [-0.3, -0.25) is 0 Å². The summed E-state index contributed by atoms with van der Waals surface area (Å²) in [6.45, 7) is 6.35. The maximum Gasteiger partial charge on any atom is 0.376 e. The second-order valence-electron chi connectivity index (χ2n) is 13.5. The van der Waals surface area contributed by atoms with Crippen LogP contribution in [0.3, 0.4) is 0 Å². The van der Waals surface area contributed by atoms with Crippen molar-refractivity contribution in [1.29, 1.82) is 0 Å². The zero-order chi connectivity index (χ0) is 35.8. The van der Waals surface area contributed by atoms with Crippen LogP contribution in [0.4, 0.5) is 19.3 Å². The predicted octanol–water partition coefficient (Wildman–Crippen LogP) is 4.60. The van der Waals surface area contributed by atoms with Crippen LogP contribution in [0.5, 0.6) is 5.75 Å². The molecule has 4 heterocycles. The van der Waals surface area contributed by atoms with E-state index in [0.29, 0.717) is 44.0 Å². The molecule has 3 aliphatic rings. The number of hydrogen-bond acceptors (Lipinski definition) is 8. The topological polar surface area (TPSA) is 108 Å². The third-order valence-electron chi connectivity index (χ3n) is 10.6. The Hall–Kier alpha value is -4.47. The van der Waals surface area contributed by atoms with Crippen LogP contribution in [0, 0.1) is 11.6 Å². The van der Waals surface area contributed by atoms with Gasteiger partial charge in [0.05, 0.1) is 38.5 Å². The molecule has 51 heavy (non-hydrogen) atoms. The van der Waals surface area contributed by atoms with Crippen LogP contribution in [0.25, 0.3) is 0 Å². The van der Waals surface area contributed by atoms with Gasteiger partial charge in [-0.25, -0.2) is 28.1 Å². The number of urea groups is 1. The number of carbonyl (C=O) groups is 1. The maximum atomic E-state index is 16.0. The lowest BCUT2D eigenvalue weighted by Crippen LogP contribution is -2.76.